The Bertz CT molecular complexity index is 447. The number of hydrogen-bond donors (Lipinski definition) is 2. The van der Waals surface area contributed by atoms with Crippen molar-refractivity contribution in [2.45, 2.75) is 39.3 Å². The van der Waals surface area contributed by atoms with Crippen molar-refractivity contribution in [1.82, 2.24) is 15.2 Å². The van der Waals surface area contributed by atoms with Crippen LogP contribution in [0.1, 0.15) is 30.3 Å². The van der Waals surface area contributed by atoms with Gasteiger partial charge in [-0.1, -0.05) is 13.3 Å². The molecule has 2 N–H and O–H groups in total. The third-order valence-corrected chi connectivity index (χ3v) is 3.67. The molecule has 19 heavy (non-hydrogen) atoms. The highest BCUT2D eigenvalue weighted by Crippen LogP contribution is 2.14. The van der Waals surface area contributed by atoms with Crippen molar-refractivity contribution in [3.8, 4) is 0 Å². The van der Waals surface area contributed by atoms with Crippen LogP contribution in [-0.4, -0.2) is 40.1 Å². The summed E-state index contributed by atoms with van der Waals surface area (Å²) in [5.41, 5.74) is 2.63. The Balaban J connectivity index is 2.57. The van der Waals surface area contributed by atoms with Gasteiger partial charge in [-0.3, -0.25) is 0 Å². The average Bonchev–Trinajstić information content (AvgIpc) is 2.74. The fourth-order valence-corrected chi connectivity index (χ4v) is 2.40. The van der Waals surface area contributed by atoms with Crippen LogP contribution in [0.3, 0.4) is 0 Å². The number of nitrogens with zero attached hydrogens (tertiary/aromatic N) is 2. The molecular weight excluding hydrogens is 266 g/mol. The van der Waals surface area contributed by atoms with E-state index in [9.17, 15) is 9.59 Å². The summed E-state index contributed by atoms with van der Waals surface area (Å²) in [6, 6.07) is -1.21. The lowest BCUT2D eigenvalue weighted by Crippen LogP contribution is -2.46. The van der Waals surface area contributed by atoms with Crippen molar-refractivity contribution < 1.29 is 14.7 Å². The fourth-order valence-electron chi connectivity index (χ4n) is 1.57. The molecule has 1 aromatic rings. The minimum atomic E-state index is -1.00. The highest BCUT2D eigenvalue weighted by molar-refractivity contribution is 7.09. The topological polar surface area (TPSA) is 82.5 Å². The summed E-state index contributed by atoms with van der Waals surface area (Å²) < 4.78 is 0. The van der Waals surface area contributed by atoms with Crippen LogP contribution in [0.15, 0.2) is 5.51 Å². The highest BCUT2D eigenvalue weighted by Gasteiger charge is 2.21. The van der Waals surface area contributed by atoms with Gasteiger partial charge in [0.05, 0.1) is 17.7 Å². The third kappa shape index (κ3) is 4.51. The van der Waals surface area contributed by atoms with E-state index in [2.05, 4.69) is 10.3 Å². The number of aromatic nitrogens is 1. The molecule has 6 nitrogen and oxygen atoms in total. The molecule has 106 valence electrons. The maximum absolute atomic E-state index is 11.9. The zero-order chi connectivity index (χ0) is 14.4. The maximum Gasteiger partial charge on any atom is 0.326 e. The molecule has 0 unspecified atom stereocenters. The molecule has 7 heteroatoms. The summed E-state index contributed by atoms with van der Waals surface area (Å²) in [6.45, 7) is 4.20. The number of hydrogen-bond acceptors (Lipinski definition) is 4. The summed E-state index contributed by atoms with van der Waals surface area (Å²) in [7, 11) is 1.64. The van der Waals surface area contributed by atoms with Gasteiger partial charge in [0, 0.05) is 11.9 Å². The second-order valence-corrected chi connectivity index (χ2v) is 5.29. The number of nitrogens with one attached hydrogen (secondary N) is 1. The third-order valence-electron chi connectivity index (χ3n) is 2.75. The van der Waals surface area contributed by atoms with Gasteiger partial charge in [-0.05, 0) is 13.3 Å². The van der Waals surface area contributed by atoms with Crippen LogP contribution >= 0.6 is 11.3 Å². The highest BCUT2D eigenvalue weighted by atomic mass is 32.1. The van der Waals surface area contributed by atoms with Crippen LogP contribution in [0.5, 0.6) is 0 Å². The minimum absolute atomic E-state index is 0.381. The predicted octanol–water partition coefficient (Wildman–Crippen LogP) is 1.85. The summed E-state index contributed by atoms with van der Waals surface area (Å²) in [4.78, 5) is 29.5. The molecule has 0 spiro atoms. The van der Waals surface area contributed by atoms with Crippen molar-refractivity contribution >= 4 is 23.3 Å². The molecule has 0 aromatic carbocycles. The van der Waals surface area contributed by atoms with Crippen LogP contribution in [0, 0.1) is 6.92 Å². The van der Waals surface area contributed by atoms with Crippen molar-refractivity contribution in [1.29, 1.82) is 0 Å². The van der Waals surface area contributed by atoms with E-state index in [1.54, 1.807) is 12.6 Å². The van der Waals surface area contributed by atoms with Gasteiger partial charge in [-0.15, -0.1) is 11.3 Å². The first-order valence-corrected chi connectivity index (χ1v) is 6.97. The zero-order valence-electron chi connectivity index (χ0n) is 11.3. The van der Waals surface area contributed by atoms with Crippen LogP contribution < -0.4 is 5.32 Å². The summed E-state index contributed by atoms with van der Waals surface area (Å²) in [5, 5.41) is 11.5. The number of urea groups is 1. The molecule has 0 bridgehead atoms. The molecule has 0 radical (unpaired) electrons. The van der Waals surface area contributed by atoms with Gasteiger partial charge >= 0.3 is 12.0 Å². The number of amides is 2. The molecule has 0 aliphatic carbocycles. The first kappa shape index (κ1) is 15.4. The second-order valence-electron chi connectivity index (χ2n) is 4.35. The van der Waals surface area contributed by atoms with Gasteiger partial charge in [0.15, 0.2) is 0 Å². The molecular formula is C12H19N3O3S. The van der Waals surface area contributed by atoms with Crippen LogP contribution in [-0.2, 0) is 11.3 Å². The van der Waals surface area contributed by atoms with Crippen molar-refractivity contribution in [2.75, 3.05) is 7.05 Å². The monoisotopic (exact) mass is 285 g/mol. The van der Waals surface area contributed by atoms with E-state index in [1.807, 2.05) is 13.8 Å². The largest absolute Gasteiger partial charge is 0.480 e. The molecule has 2 amide bonds. The Morgan fingerprint density at radius 2 is 2.26 bits per heavy atom. The number of rotatable bonds is 6. The molecule has 1 atom stereocenters. The Kier molecular flexibility index (Phi) is 5.75. The van der Waals surface area contributed by atoms with E-state index < -0.39 is 12.0 Å². The minimum Gasteiger partial charge on any atom is -0.480 e. The van der Waals surface area contributed by atoms with Gasteiger partial charge in [-0.2, -0.15) is 0 Å². The molecule has 0 fully saturated rings. The number of carboxylic acid groups (broad SMARTS) is 1. The number of aryl methyl sites for hydroxylation is 1. The van der Waals surface area contributed by atoms with E-state index >= 15 is 0 Å². The molecule has 0 saturated carbocycles. The lowest BCUT2D eigenvalue weighted by molar-refractivity contribution is -0.139. The summed E-state index contributed by atoms with van der Waals surface area (Å²) >= 11 is 1.48. The maximum atomic E-state index is 11.9. The quantitative estimate of drug-likeness (QED) is 0.835. The Hall–Kier alpha value is -1.63. The Morgan fingerprint density at radius 1 is 1.58 bits per heavy atom. The molecule has 1 rings (SSSR count). The standard InChI is InChI=1S/C12H19N3O3S/c1-4-5-9(11(16)17)14-12(18)15(3)6-10-8(2)13-7-19-10/h7,9H,4-6H2,1-3H3,(H,14,18)(H,16,17)/t9-/m1/s1. The van der Waals surface area contributed by atoms with E-state index in [-0.39, 0.29) is 6.03 Å². The molecule has 1 heterocycles. The Morgan fingerprint density at radius 3 is 2.74 bits per heavy atom. The normalized spacial score (nSPS) is 11.9. The number of carbonyl (C=O) groups excluding carboxylic acids is 1. The number of aliphatic carboxylic acids is 1. The second kappa shape index (κ2) is 7.08. The Labute approximate surface area is 116 Å². The molecule has 0 saturated heterocycles. The van der Waals surface area contributed by atoms with Gasteiger partial charge in [0.1, 0.15) is 6.04 Å². The number of carboxylic acids is 1. The van der Waals surface area contributed by atoms with Gasteiger partial charge < -0.3 is 15.3 Å². The van der Waals surface area contributed by atoms with Crippen molar-refractivity contribution in [3.63, 3.8) is 0 Å². The zero-order valence-corrected chi connectivity index (χ0v) is 12.2. The smallest absolute Gasteiger partial charge is 0.326 e. The predicted molar refractivity (Wildman–Crippen MR) is 73.2 cm³/mol. The lowest BCUT2D eigenvalue weighted by atomic mass is 10.2. The van der Waals surface area contributed by atoms with E-state index in [1.165, 1.54) is 16.2 Å². The van der Waals surface area contributed by atoms with Crippen LogP contribution in [0.25, 0.3) is 0 Å². The molecule has 1 aromatic heterocycles. The number of carbonyl (C=O) groups is 2. The first-order chi connectivity index (χ1) is 8.95. The van der Waals surface area contributed by atoms with Crippen LogP contribution in [0.4, 0.5) is 4.79 Å². The van der Waals surface area contributed by atoms with E-state index in [0.717, 1.165) is 10.6 Å². The van der Waals surface area contributed by atoms with Gasteiger partial charge in [-0.25, -0.2) is 14.6 Å². The first-order valence-electron chi connectivity index (χ1n) is 6.09. The summed E-state index contributed by atoms with van der Waals surface area (Å²) in [6.07, 6.45) is 1.13. The molecule has 0 aliphatic heterocycles. The fraction of sp³-hybridized carbons (Fsp3) is 0.583. The van der Waals surface area contributed by atoms with Gasteiger partial charge in [0.25, 0.3) is 0 Å². The summed E-state index contributed by atoms with van der Waals surface area (Å²) in [5.74, 6) is -1.00. The van der Waals surface area contributed by atoms with Gasteiger partial charge in [0.2, 0.25) is 0 Å². The lowest BCUT2D eigenvalue weighted by Gasteiger charge is -2.20. The van der Waals surface area contributed by atoms with Crippen molar-refractivity contribution in [3.05, 3.63) is 16.1 Å². The average molecular weight is 285 g/mol. The van der Waals surface area contributed by atoms with E-state index in [0.29, 0.717) is 19.4 Å². The SMILES string of the molecule is CCC[C@@H](NC(=O)N(C)Cc1scnc1C)C(=O)O. The molecule has 0 aliphatic rings. The van der Waals surface area contributed by atoms with Crippen LogP contribution in [0.2, 0.25) is 0 Å². The number of thiazole rings is 1. The van der Waals surface area contributed by atoms with E-state index in [4.69, 9.17) is 5.11 Å². The van der Waals surface area contributed by atoms with Crippen molar-refractivity contribution in [2.24, 2.45) is 0 Å².